The molecule has 1 aliphatic rings. The van der Waals surface area contributed by atoms with E-state index in [9.17, 15) is 5.11 Å². The third-order valence-corrected chi connectivity index (χ3v) is 3.76. The molecular formula is C15H23BrN2O2. The SMILES string of the molecule is CN(C)C[C@](C)(O)CNCc1cc(Br)cc2c1OCC2. The summed E-state index contributed by atoms with van der Waals surface area (Å²) in [6.45, 7) is 4.49. The largest absolute Gasteiger partial charge is 0.493 e. The highest BCUT2D eigenvalue weighted by molar-refractivity contribution is 9.10. The molecule has 1 aromatic rings. The monoisotopic (exact) mass is 342 g/mol. The van der Waals surface area contributed by atoms with Crippen molar-refractivity contribution in [3.05, 3.63) is 27.7 Å². The molecule has 112 valence electrons. The van der Waals surface area contributed by atoms with Crippen LogP contribution >= 0.6 is 15.9 Å². The summed E-state index contributed by atoms with van der Waals surface area (Å²) in [6, 6.07) is 4.20. The maximum atomic E-state index is 10.3. The fourth-order valence-corrected chi connectivity index (χ4v) is 3.23. The Bertz CT molecular complexity index is 475. The third kappa shape index (κ3) is 4.19. The molecule has 1 atom stereocenters. The number of hydrogen-bond donors (Lipinski definition) is 2. The van der Waals surface area contributed by atoms with Gasteiger partial charge in [-0.3, -0.25) is 0 Å². The van der Waals surface area contributed by atoms with Crippen molar-refractivity contribution >= 4 is 15.9 Å². The van der Waals surface area contributed by atoms with Gasteiger partial charge in [-0.25, -0.2) is 0 Å². The average molecular weight is 343 g/mol. The molecule has 0 amide bonds. The van der Waals surface area contributed by atoms with Crippen molar-refractivity contribution in [1.82, 2.24) is 10.2 Å². The quantitative estimate of drug-likeness (QED) is 0.827. The molecule has 0 fully saturated rings. The van der Waals surface area contributed by atoms with Crippen LogP contribution in [-0.4, -0.2) is 49.4 Å². The first-order valence-corrected chi connectivity index (χ1v) is 7.69. The van der Waals surface area contributed by atoms with Crippen molar-refractivity contribution in [2.45, 2.75) is 25.5 Å². The van der Waals surface area contributed by atoms with Crippen molar-refractivity contribution in [2.75, 3.05) is 33.8 Å². The van der Waals surface area contributed by atoms with E-state index in [4.69, 9.17) is 4.74 Å². The number of nitrogens with one attached hydrogen (secondary N) is 1. The van der Waals surface area contributed by atoms with Crippen LogP contribution in [0.1, 0.15) is 18.1 Å². The Morgan fingerprint density at radius 1 is 1.45 bits per heavy atom. The number of likely N-dealkylation sites (N-methyl/N-ethyl adjacent to an activating group) is 1. The van der Waals surface area contributed by atoms with Crippen molar-refractivity contribution in [1.29, 1.82) is 0 Å². The van der Waals surface area contributed by atoms with Crippen molar-refractivity contribution < 1.29 is 9.84 Å². The first-order chi connectivity index (χ1) is 9.37. The normalized spacial score (nSPS) is 16.9. The molecule has 1 aliphatic heterocycles. The second-order valence-electron chi connectivity index (χ2n) is 5.99. The maximum absolute atomic E-state index is 10.3. The van der Waals surface area contributed by atoms with Crippen LogP contribution in [0.4, 0.5) is 0 Å². The van der Waals surface area contributed by atoms with Crippen molar-refractivity contribution in [3.8, 4) is 5.75 Å². The summed E-state index contributed by atoms with van der Waals surface area (Å²) in [5.41, 5.74) is 1.67. The lowest BCUT2D eigenvalue weighted by Crippen LogP contribution is -2.45. The van der Waals surface area contributed by atoms with Gasteiger partial charge < -0.3 is 20.1 Å². The second kappa shape index (κ2) is 6.43. The number of fused-ring (bicyclic) bond motifs is 1. The molecule has 0 spiro atoms. The van der Waals surface area contributed by atoms with Crippen LogP contribution in [0.5, 0.6) is 5.75 Å². The Labute approximate surface area is 129 Å². The van der Waals surface area contributed by atoms with Gasteiger partial charge in [-0.1, -0.05) is 15.9 Å². The van der Waals surface area contributed by atoms with E-state index in [1.807, 2.05) is 25.9 Å². The number of nitrogens with zero attached hydrogens (tertiary/aromatic N) is 1. The molecular weight excluding hydrogens is 320 g/mol. The summed E-state index contributed by atoms with van der Waals surface area (Å²) >= 11 is 3.54. The maximum Gasteiger partial charge on any atom is 0.127 e. The summed E-state index contributed by atoms with van der Waals surface area (Å²) in [7, 11) is 3.92. The standard InChI is InChI=1S/C15H23BrN2O2/c1-15(19,10-18(2)3)9-17-8-12-7-13(16)6-11-4-5-20-14(11)12/h6-7,17,19H,4-5,8-10H2,1-3H3/t15-/m1/s1. The Kier molecular flexibility index (Phi) is 5.07. The van der Waals surface area contributed by atoms with Crippen LogP contribution in [0.2, 0.25) is 0 Å². The van der Waals surface area contributed by atoms with Crippen molar-refractivity contribution in [3.63, 3.8) is 0 Å². The number of hydrogen-bond acceptors (Lipinski definition) is 4. The van der Waals surface area contributed by atoms with E-state index < -0.39 is 5.60 Å². The zero-order valence-corrected chi connectivity index (χ0v) is 14.0. The Balaban J connectivity index is 1.95. The van der Waals surface area contributed by atoms with Gasteiger partial charge in [0, 0.05) is 36.1 Å². The average Bonchev–Trinajstić information content (AvgIpc) is 2.74. The van der Waals surface area contributed by atoms with Crippen LogP contribution in [0, 0.1) is 0 Å². The summed E-state index contributed by atoms with van der Waals surface area (Å²) in [4.78, 5) is 1.99. The number of ether oxygens (including phenoxy) is 1. The minimum absolute atomic E-state index is 0.548. The van der Waals surface area contributed by atoms with E-state index in [2.05, 4.69) is 33.4 Å². The van der Waals surface area contributed by atoms with Crippen LogP contribution < -0.4 is 10.1 Å². The molecule has 1 heterocycles. The fraction of sp³-hybridized carbons (Fsp3) is 0.600. The van der Waals surface area contributed by atoms with Gasteiger partial charge in [0.2, 0.25) is 0 Å². The smallest absolute Gasteiger partial charge is 0.127 e. The van der Waals surface area contributed by atoms with Crippen LogP contribution in [0.3, 0.4) is 0 Å². The van der Waals surface area contributed by atoms with E-state index in [1.165, 1.54) is 5.56 Å². The number of aliphatic hydroxyl groups is 1. The fourth-order valence-electron chi connectivity index (χ4n) is 2.68. The first kappa shape index (κ1) is 15.8. The minimum Gasteiger partial charge on any atom is -0.493 e. The highest BCUT2D eigenvalue weighted by Crippen LogP contribution is 2.32. The zero-order valence-electron chi connectivity index (χ0n) is 12.4. The molecule has 0 aliphatic carbocycles. The van der Waals surface area contributed by atoms with Gasteiger partial charge in [0.25, 0.3) is 0 Å². The van der Waals surface area contributed by atoms with Gasteiger partial charge in [-0.15, -0.1) is 0 Å². The molecule has 0 aromatic heterocycles. The molecule has 0 bridgehead atoms. The molecule has 0 saturated carbocycles. The molecule has 0 radical (unpaired) electrons. The van der Waals surface area contributed by atoms with E-state index in [-0.39, 0.29) is 0 Å². The highest BCUT2D eigenvalue weighted by Gasteiger charge is 2.22. The summed E-state index contributed by atoms with van der Waals surface area (Å²) in [5, 5.41) is 13.6. The van der Waals surface area contributed by atoms with Gasteiger partial charge >= 0.3 is 0 Å². The second-order valence-corrected chi connectivity index (χ2v) is 6.91. The first-order valence-electron chi connectivity index (χ1n) is 6.89. The Morgan fingerprint density at radius 3 is 2.90 bits per heavy atom. The van der Waals surface area contributed by atoms with Gasteiger partial charge in [0.05, 0.1) is 12.2 Å². The van der Waals surface area contributed by atoms with Crippen LogP contribution in [0.15, 0.2) is 16.6 Å². The summed E-state index contributed by atoms with van der Waals surface area (Å²) in [6.07, 6.45) is 0.972. The molecule has 4 nitrogen and oxygen atoms in total. The van der Waals surface area contributed by atoms with E-state index in [1.54, 1.807) is 0 Å². The van der Waals surface area contributed by atoms with E-state index in [0.29, 0.717) is 19.6 Å². The number of benzene rings is 1. The van der Waals surface area contributed by atoms with E-state index in [0.717, 1.165) is 28.8 Å². The van der Waals surface area contributed by atoms with Crippen molar-refractivity contribution in [2.24, 2.45) is 0 Å². The lowest BCUT2D eigenvalue weighted by molar-refractivity contribution is 0.0335. The number of rotatable bonds is 6. The van der Waals surface area contributed by atoms with Gasteiger partial charge in [0.1, 0.15) is 5.75 Å². The predicted octanol–water partition coefficient (Wildman–Crippen LogP) is 1.79. The molecule has 2 rings (SSSR count). The van der Waals surface area contributed by atoms with Gasteiger partial charge in [0.15, 0.2) is 0 Å². The summed E-state index contributed by atoms with van der Waals surface area (Å²) < 4.78 is 6.78. The molecule has 0 saturated heterocycles. The zero-order chi connectivity index (χ0) is 14.8. The molecule has 0 unspecified atom stereocenters. The van der Waals surface area contributed by atoms with E-state index >= 15 is 0 Å². The van der Waals surface area contributed by atoms with Crippen LogP contribution in [-0.2, 0) is 13.0 Å². The van der Waals surface area contributed by atoms with Gasteiger partial charge in [-0.05, 0) is 38.7 Å². The summed E-state index contributed by atoms with van der Waals surface area (Å²) in [5.74, 6) is 1.01. The third-order valence-electron chi connectivity index (χ3n) is 3.30. The highest BCUT2D eigenvalue weighted by atomic mass is 79.9. The molecule has 20 heavy (non-hydrogen) atoms. The predicted molar refractivity (Wildman–Crippen MR) is 84.2 cm³/mol. The molecule has 2 N–H and O–H groups in total. The minimum atomic E-state index is -0.737. The van der Waals surface area contributed by atoms with Gasteiger partial charge in [-0.2, -0.15) is 0 Å². The molecule has 1 aromatic carbocycles. The lowest BCUT2D eigenvalue weighted by atomic mass is 10.1. The lowest BCUT2D eigenvalue weighted by Gasteiger charge is -2.27. The Hall–Kier alpha value is -0.620. The van der Waals surface area contributed by atoms with Crippen LogP contribution in [0.25, 0.3) is 0 Å². The Morgan fingerprint density at radius 2 is 2.20 bits per heavy atom. The molecule has 5 heteroatoms. The number of halogens is 1. The topological polar surface area (TPSA) is 44.7 Å².